The van der Waals surface area contributed by atoms with Crippen LogP contribution in [0.1, 0.15) is 67.1 Å². The Kier molecular flexibility index (Phi) is 5.14. The van der Waals surface area contributed by atoms with Crippen LogP contribution in [0, 0.1) is 6.92 Å². The van der Waals surface area contributed by atoms with Crippen molar-refractivity contribution in [3.63, 3.8) is 0 Å². The van der Waals surface area contributed by atoms with Gasteiger partial charge in [0.2, 0.25) is 0 Å². The zero-order chi connectivity index (χ0) is 21.6. The van der Waals surface area contributed by atoms with Gasteiger partial charge >= 0.3 is 0 Å². The number of benzene rings is 1. The Hall–Kier alpha value is -2.73. The quantitative estimate of drug-likeness (QED) is 0.480. The smallest absolute Gasteiger partial charge is 0.261 e. The highest BCUT2D eigenvalue weighted by Crippen LogP contribution is 2.33. The lowest BCUT2D eigenvalue weighted by molar-refractivity contribution is 0.112. The van der Waals surface area contributed by atoms with Crippen LogP contribution in [0.2, 0.25) is 5.15 Å². The molecule has 3 heterocycles. The maximum atomic E-state index is 13.3. The van der Waals surface area contributed by atoms with Crippen molar-refractivity contribution >= 4 is 34.5 Å². The number of rotatable bonds is 4. The van der Waals surface area contributed by atoms with E-state index in [1.165, 1.54) is 0 Å². The fraction of sp³-hybridized carbons (Fsp3) is 0.391. The predicted molar refractivity (Wildman–Crippen MR) is 120 cm³/mol. The van der Waals surface area contributed by atoms with Crippen molar-refractivity contribution in [3.05, 3.63) is 62.4 Å². The van der Waals surface area contributed by atoms with Crippen molar-refractivity contribution in [2.75, 3.05) is 5.32 Å². The molecule has 0 bridgehead atoms. The Bertz CT molecular complexity index is 1220. The maximum Gasteiger partial charge on any atom is 0.261 e. The van der Waals surface area contributed by atoms with Crippen molar-refractivity contribution in [1.82, 2.24) is 14.5 Å². The van der Waals surface area contributed by atoms with Gasteiger partial charge in [0.05, 0.1) is 22.6 Å². The van der Waals surface area contributed by atoms with Gasteiger partial charge in [-0.2, -0.15) is 0 Å². The number of fused-ring (bicyclic) bond motifs is 2. The normalized spacial score (nSPS) is 16.2. The molecule has 1 aliphatic rings. The Morgan fingerprint density at radius 1 is 1.27 bits per heavy atom. The molecule has 1 atom stereocenters. The van der Waals surface area contributed by atoms with E-state index in [1.54, 1.807) is 12.1 Å². The van der Waals surface area contributed by atoms with Crippen LogP contribution < -0.4 is 10.9 Å². The van der Waals surface area contributed by atoms with Gasteiger partial charge in [0.25, 0.3) is 5.56 Å². The largest absolute Gasteiger partial charge is 0.377 e. The van der Waals surface area contributed by atoms with Crippen LogP contribution in [0.5, 0.6) is 0 Å². The highest BCUT2D eigenvalue weighted by molar-refractivity contribution is 6.29. The monoisotopic (exact) mass is 424 g/mol. The number of hydrogen-bond donors (Lipinski definition) is 1. The van der Waals surface area contributed by atoms with Crippen LogP contribution in [0.15, 0.2) is 29.1 Å². The van der Waals surface area contributed by atoms with Crippen LogP contribution in [0.25, 0.3) is 10.9 Å². The summed E-state index contributed by atoms with van der Waals surface area (Å²) in [5.74, 6) is 0.838. The first-order chi connectivity index (χ1) is 14.2. The number of nitrogens with zero attached hydrogens (tertiary/aromatic N) is 3. The lowest BCUT2D eigenvalue weighted by Gasteiger charge is -2.32. The molecule has 4 rings (SSSR count). The molecule has 0 saturated carbocycles. The minimum absolute atomic E-state index is 0.0154. The molecule has 0 amide bonds. The molecule has 0 radical (unpaired) electrons. The summed E-state index contributed by atoms with van der Waals surface area (Å²) in [5.41, 5.74) is 3.31. The van der Waals surface area contributed by atoms with Crippen LogP contribution in [-0.2, 0) is 12.0 Å². The third-order valence-corrected chi connectivity index (χ3v) is 6.07. The Labute approximate surface area is 180 Å². The van der Waals surface area contributed by atoms with E-state index in [1.807, 2.05) is 30.5 Å². The van der Waals surface area contributed by atoms with Crippen molar-refractivity contribution in [1.29, 1.82) is 0 Å². The number of carbonyl (C=O) groups is 1. The highest BCUT2D eigenvalue weighted by atomic mass is 35.5. The lowest BCUT2D eigenvalue weighted by atomic mass is 9.84. The standard InChI is InChI=1S/C23H25ClN4O2/c1-13-10-15(14(2)25-17-6-7-19(24)26-18(17)12-29)20-16(11-13)21(30)28-9-5-8-23(3,4)22(28)27-20/h6-7,10-12,14,25H,5,8-9H2,1-4H3. The molecule has 30 heavy (non-hydrogen) atoms. The van der Waals surface area contributed by atoms with Crippen molar-refractivity contribution in [2.45, 2.75) is 58.5 Å². The van der Waals surface area contributed by atoms with E-state index < -0.39 is 0 Å². The molecule has 156 valence electrons. The first kappa shape index (κ1) is 20.5. The van der Waals surface area contributed by atoms with E-state index in [0.29, 0.717) is 29.4 Å². The zero-order valence-corrected chi connectivity index (χ0v) is 18.4. The van der Waals surface area contributed by atoms with Gasteiger partial charge in [-0.25, -0.2) is 9.97 Å². The Morgan fingerprint density at radius 3 is 2.77 bits per heavy atom. The molecule has 1 N–H and O–H groups in total. The molecule has 2 aromatic heterocycles. The number of nitrogens with one attached hydrogen (secondary N) is 1. The minimum Gasteiger partial charge on any atom is -0.377 e. The van der Waals surface area contributed by atoms with Gasteiger partial charge in [0.1, 0.15) is 16.7 Å². The number of carbonyl (C=O) groups excluding carboxylic acids is 1. The predicted octanol–water partition coefficient (Wildman–Crippen LogP) is 4.81. The summed E-state index contributed by atoms with van der Waals surface area (Å²) in [4.78, 5) is 33.8. The summed E-state index contributed by atoms with van der Waals surface area (Å²) < 4.78 is 1.83. The number of halogens is 1. The molecule has 0 saturated heterocycles. The summed E-state index contributed by atoms with van der Waals surface area (Å²) >= 11 is 5.91. The van der Waals surface area contributed by atoms with Gasteiger partial charge < -0.3 is 5.32 Å². The second kappa shape index (κ2) is 7.51. The molecule has 3 aromatic rings. The van der Waals surface area contributed by atoms with E-state index in [-0.39, 0.29) is 27.9 Å². The Morgan fingerprint density at radius 2 is 2.03 bits per heavy atom. The lowest BCUT2D eigenvalue weighted by Crippen LogP contribution is -2.37. The molecular weight excluding hydrogens is 400 g/mol. The first-order valence-corrected chi connectivity index (χ1v) is 10.5. The van der Waals surface area contributed by atoms with Crippen LogP contribution in [0.3, 0.4) is 0 Å². The number of anilines is 1. The molecule has 1 unspecified atom stereocenters. The van der Waals surface area contributed by atoms with Crippen molar-refractivity contribution in [2.24, 2.45) is 0 Å². The summed E-state index contributed by atoms with van der Waals surface area (Å²) in [6.45, 7) is 8.95. The van der Waals surface area contributed by atoms with Gasteiger partial charge in [0.15, 0.2) is 6.29 Å². The molecule has 0 aliphatic carbocycles. The summed E-state index contributed by atoms with van der Waals surface area (Å²) in [6, 6.07) is 7.14. The third kappa shape index (κ3) is 3.49. The van der Waals surface area contributed by atoms with E-state index in [9.17, 15) is 9.59 Å². The van der Waals surface area contributed by atoms with Gasteiger partial charge in [-0.1, -0.05) is 31.5 Å². The maximum absolute atomic E-state index is 13.3. The molecule has 6 nitrogen and oxygen atoms in total. The SMILES string of the molecule is Cc1cc(C(C)Nc2ccc(Cl)nc2C=O)c2nc3n(c(=O)c2c1)CCCC3(C)C. The van der Waals surface area contributed by atoms with Crippen LogP contribution >= 0.6 is 11.6 Å². The molecule has 0 spiro atoms. The molecule has 1 aliphatic heterocycles. The summed E-state index contributed by atoms with van der Waals surface area (Å²) in [7, 11) is 0. The molecule has 1 aromatic carbocycles. The van der Waals surface area contributed by atoms with Gasteiger partial charge in [-0.05, 0) is 50.5 Å². The van der Waals surface area contributed by atoms with Gasteiger partial charge in [-0.3, -0.25) is 14.2 Å². The number of hydrogen-bond acceptors (Lipinski definition) is 5. The fourth-order valence-electron chi connectivity index (χ4n) is 4.32. The highest BCUT2D eigenvalue weighted by Gasteiger charge is 2.31. The molecular formula is C23H25ClN4O2. The number of pyridine rings is 1. The number of aromatic nitrogens is 3. The van der Waals surface area contributed by atoms with E-state index in [0.717, 1.165) is 29.8 Å². The summed E-state index contributed by atoms with van der Waals surface area (Å²) in [6.07, 6.45) is 2.65. The van der Waals surface area contributed by atoms with Gasteiger partial charge in [0, 0.05) is 17.5 Å². The molecule has 7 heteroatoms. The number of aldehydes is 1. The Balaban J connectivity index is 1.88. The number of aryl methyl sites for hydroxylation is 1. The van der Waals surface area contributed by atoms with E-state index in [4.69, 9.17) is 16.6 Å². The zero-order valence-electron chi connectivity index (χ0n) is 17.6. The van der Waals surface area contributed by atoms with Crippen molar-refractivity contribution < 1.29 is 4.79 Å². The summed E-state index contributed by atoms with van der Waals surface area (Å²) in [5, 5.41) is 4.24. The third-order valence-electron chi connectivity index (χ3n) is 5.86. The van der Waals surface area contributed by atoms with Crippen LogP contribution in [-0.4, -0.2) is 20.8 Å². The fourth-order valence-corrected chi connectivity index (χ4v) is 4.47. The second-order valence-corrected chi connectivity index (χ2v) is 9.07. The minimum atomic E-state index is -0.198. The second-order valence-electron chi connectivity index (χ2n) is 8.68. The van der Waals surface area contributed by atoms with Gasteiger partial charge in [-0.15, -0.1) is 0 Å². The average molecular weight is 425 g/mol. The van der Waals surface area contributed by atoms with Crippen molar-refractivity contribution in [3.8, 4) is 0 Å². The van der Waals surface area contributed by atoms with E-state index in [2.05, 4.69) is 24.1 Å². The molecule has 0 fully saturated rings. The van der Waals surface area contributed by atoms with E-state index >= 15 is 0 Å². The topological polar surface area (TPSA) is 76.9 Å². The first-order valence-electron chi connectivity index (χ1n) is 10.1. The average Bonchev–Trinajstić information content (AvgIpc) is 2.70. The van der Waals surface area contributed by atoms with Crippen LogP contribution in [0.4, 0.5) is 5.69 Å².